The number of hydrogen-bond donors (Lipinski definition) is 2. The van der Waals surface area contributed by atoms with Crippen LogP contribution in [0.3, 0.4) is 0 Å². The average Bonchev–Trinajstić information content (AvgIpc) is 2.54. The third kappa shape index (κ3) is 5.59. The second kappa shape index (κ2) is 8.15. The van der Waals surface area contributed by atoms with Crippen molar-refractivity contribution in [2.24, 2.45) is 5.92 Å². The van der Waals surface area contributed by atoms with E-state index >= 15 is 0 Å². The van der Waals surface area contributed by atoms with E-state index in [-0.39, 0.29) is 11.3 Å². The van der Waals surface area contributed by atoms with Gasteiger partial charge in [0.25, 0.3) is 5.91 Å². The van der Waals surface area contributed by atoms with Crippen LogP contribution in [0.25, 0.3) is 0 Å². The highest BCUT2D eigenvalue weighted by atomic mass is 16.1. The summed E-state index contributed by atoms with van der Waals surface area (Å²) in [4.78, 5) is 16.8. The molecule has 0 aliphatic heterocycles. The van der Waals surface area contributed by atoms with Crippen LogP contribution in [0, 0.1) is 5.92 Å². The highest BCUT2D eigenvalue weighted by Gasteiger charge is 2.19. The Morgan fingerprint density at radius 3 is 2.56 bits per heavy atom. The van der Waals surface area contributed by atoms with E-state index in [0.29, 0.717) is 11.6 Å². The Bertz CT molecular complexity index is 717. The molecule has 0 spiro atoms. The minimum absolute atomic E-state index is 0.0441. The van der Waals surface area contributed by atoms with Crippen molar-refractivity contribution < 1.29 is 4.79 Å². The first-order chi connectivity index (χ1) is 11.8. The number of para-hydroxylation sites is 1. The summed E-state index contributed by atoms with van der Waals surface area (Å²) in [5.41, 5.74) is 3.23. The molecule has 1 amide bonds. The molecule has 1 heterocycles. The van der Waals surface area contributed by atoms with Crippen LogP contribution in [0.2, 0.25) is 0 Å². The summed E-state index contributed by atoms with van der Waals surface area (Å²) in [5, 5.41) is 6.36. The number of anilines is 2. The van der Waals surface area contributed by atoms with Crippen LogP contribution in [0.5, 0.6) is 0 Å². The van der Waals surface area contributed by atoms with Crippen LogP contribution >= 0.6 is 0 Å². The zero-order chi connectivity index (χ0) is 18.4. The predicted octanol–water partition coefficient (Wildman–Crippen LogP) is 5.09. The summed E-state index contributed by atoms with van der Waals surface area (Å²) in [5.74, 6) is 0.454. The van der Waals surface area contributed by atoms with E-state index in [9.17, 15) is 4.79 Å². The van der Waals surface area contributed by atoms with Crippen LogP contribution in [0.4, 0.5) is 11.4 Å². The molecule has 134 valence electrons. The van der Waals surface area contributed by atoms with Gasteiger partial charge >= 0.3 is 0 Å². The molecule has 0 aliphatic rings. The number of rotatable bonds is 6. The molecule has 0 aliphatic carbocycles. The molecule has 0 atom stereocenters. The molecule has 0 radical (unpaired) electrons. The van der Waals surface area contributed by atoms with Crippen molar-refractivity contribution >= 4 is 17.3 Å². The van der Waals surface area contributed by atoms with Gasteiger partial charge < -0.3 is 10.6 Å². The molecule has 4 heteroatoms. The monoisotopic (exact) mass is 339 g/mol. The van der Waals surface area contributed by atoms with Gasteiger partial charge in [0.05, 0.1) is 0 Å². The van der Waals surface area contributed by atoms with Crippen molar-refractivity contribution in [3.8, 4) is 0 Å². The molecule has 2 N–H and O–H groups in total. The van der Waals surface area contributed by atoms with E-state index in [0.717, 1.165) is 29.9 Å². The van der Waals surface area contributed by atoms with Gasteiger partial charge in [-0.1, -0.05) is 52.8 Å². The van der Waals surface area contributed by atoms with Gasteiger partial charge in [-0.2, -0.15) is 0 Å². The molecule has 0 unspecified atom stereocenters. The number of benzene rings is 1. The summed E-state index contributed by atoms with van der Waals surface area (Å²) in [6.45, 7) is 11.7. The fourth-order valence-corrected chi connectivity index (χ4v) is 2.60. The van der Waals surface area contributed by atoms with Crippen molar-refractivity contribution in [3.05, 3.63) is 53.9 Å². The average molecular weight is 339 g/mol. The molecular formula is C21H29N3O. The number of carbonyl (C=O) groups is 1. The number of aromatic nitrogens is 1. The van der Waals surface area contributed by atoms with Crippen LogP contribution in [-0.4, -0.2) is 17.4 Å². The lowest BCUT2D eigenvalue weighted by atomic mass is 9.86. The van der Waals surface area contributed by atoms with E-state index in [4.69, 9.17) is 0 Å². The van der Waals surface area contributed by atoms with Crippen molar-refractivity contribution in [2.75, 3.05) is 17.2 Å². The van der Waals surface area contributed by atoms with Gasteiger partial charge in [0, 0.05) is 24.1 Å². The number of nitrogens with zero attached hydrogens (tertiary/aromatic N) is 1. The van der Waals surface area contributed by atoms with Crippen molar-refractivity contribution in [1.82, 2.24) is 4.98 Å². The SMILES string of the molecule is CC(C)CCNc1ccnc(C(=O)Nc2ccccc2C(C)(C)C)c1. The Balaban J connectivity index is 2.12. The molecule has 1 aromatic heterocycles. The predicted molar refractivity (Wildman–Crippen MR) is 105 cm³/mol. The maximum Gasteiger partial charge on any atom is 0.274 e. The first kappa shape index (κ1) is 19.0. The zero-order valence-electron chi connectivity index (χ0n) is 15.9. The molecule has 4 nitrogen and oxygen atoms in total. The number of pyridine rings is 1. The highest BCUT2D eigenvalue weighted by molar-refractivity contribution is 6.03. The minimum Gasteiger partial charge on any atom is -0.385 e. The molecule has 2 aromatic rings. The van der Waals surface area contributed by atoms with Gasteiger partial charge in [0.1, 0.15) is 5.69 Å². The zero-order valence-corrected chi connectivity index (χ0v) is 15.9. The summed E-state index contributed by atoms with van der Waals surface area (Å²) >= 11 is 0. The second-order valence-electron chi connectivity index (χ2n) is 7.79. The summed E-state index contributed by atoms with van der Waals surface area (Å²) in [6, 6.07) is 11.6. The van der Waals surface area contributed by atoms with Gasteiger partial charge in [-0.15, -0.1) is 0 Å². The van der Waals surface area contributed by atoms with Gasteiger partial charge in [0.2, 0.25) is 0 Å². The van der Waals surface area contributed by atoms with Crippen LogP contribution in [-0.2, 0) is 5.41 Å². The van der Waals surface area contributed by atoms with Crippen LogP contribution in [0.1, 0.15) is 57.1 Å². The Morgan fingerprint density at radius 1 is 1.16 bits per heavy atom. The van der Waals surface area contributed by atoms with Gasteiger partial charge in [-0.05, 0) is 41.5 Å². The first-order valence-corrected chi connectivity index (χ1v) is 8.88. The van der Waals surface area contributed by atoms with Crippen molar-refractivity contribution in [2.45, 2.75) is 46.5 Å². The summed E-state index contributed by atoms with van der Waals surface area (Å²) < 4.78 is 0. The molecule has 25 heavy (non-hydrogen) atoms. The Labute approximate surface area is 151 Å². The number of carbonyl (C=O) groups excluding carboxylic acids is 1. The lowest BCUT2D eigenvalue weighted by molar-refractivity contribution is 0.102. The molecule has 1 aromatic carbocycles. The van der Waals surface area contributed by atoms with Crippen LogP contribution in [0.15, 0.2) is 42.6 Å². The highest BCUT2D eigenvalue weighted by Crippen LogP contribution is 2.29. The van der Waals surface area contributed by atoms with E-state index in [1.54, 1.807) is 12.3 Å². The topological polar surface area (TPSA) is 54.0 Å². The fraction of sp³-hybridized carbons (Fsp3) is 0.429. The lowest BCUT2D eigenvalue weighted by Gasteiger charge is -2.23. The minimum atomic E-state index is -0.191. The lowest BCUT2D eigenvalue weighted by Crippen LogP contribution is -2.19. The molecule has 0 fully saturated rings. The maximum absolute atomic E-state index is 12.6. The Morgan fingerprint density at radius 2 is 1.88 bits per heavy atom. The van der Waals surface area contributed by atoms with Gasteiger partial charge in [-0.3, -0.25) is 9.78 Å². The van der Waals surface area contributed by atoms with Gasteiger partial charge in [-0.25, -0.2) is 0 Å². The third-order valence-electron chi connectivity index (χ3n) is 4.03. The standard InChI is InChI=1S/C21H29N3O/c1-15(2)10-12-22-16-11-13-23-19(14-16)20(25)24-18-9-7-6-8-17(18)21(3,4)5/h6-9,11,13-15H,10,12H2,1-5H3,(H,22,23)(H,24,25). The Hall–Kier alpha value is -2.36. The molecule has 0 saturated carbocycles. The largest absolute Gasteiger partial charge is 0.385 e. The van der Waals surface area contributed by atoms with E-state index in [2.05, 4.69) is 50.2 Å². The maximum atomic E-state index is 12.6. The van der Waals surface area contributed by atoms with E-state index in [1.807, 2.05) is 30.3 Å². The Kier molecular flexibility index (Phi) is 6.18. The smallest absolute Gasteiger partial charge is 0.274 e. The molecule has 2 rings (SSSR count). The summed E-state index contributed by atoms with van der Waals surface area (Å²) in [6.07, 6.45) is 2.76. The van der Waals surface area contributed by atoms with E-state index in [1.165, 1.54) is 0 Å². The van der Waals surface area contributed by atoms with Crippen molar-refractivity contribution in [1.29, 1.82) is 0 Å². The number of amides is 1. The second-order valence-corrected chi connectivity index (χ2v) is 7.79. The number of hydrogen-bond acceptors (Lipinski definition) is 3. The first-order valence-electron chi connectivity index (χ1n) is 8.88. The summed E-state index contributed by atoms with van der Waals surface area (Å²) in [7, 11) is 0. The fourth-order valence-electron chi connectivity index (χ4n) is 2.60. The van der Waals surface area contributed by atoms with Crippen LogP contribution < -0.4 is 10.6 Å². The van der Waals surface area contributed by atoms with Crippen molar-refractivity contribution in [3.63, 3.8) is 0 Å². The molecule has 0 saturated heterocycles. The number of nitrogens with one attached hydrogen (secondary N) is 2. The third-order valence-corrected chi connectivity index (χ3v) is 4.03. The van der Waals surface area contributed by atoms with E-state index < -0.39 is 0 Å². The van der Waals surface area contributed by atoms with Gasteiger partial charge in [0.15, 0.2) is 0 Å². The molecule has 0 bridgehead atoms. The normalized spacial score (nSPS) is 11.4. The molecular weight excluding hydrogens is 310 g/mol. The quantitative estimate of drug-likeness (QED) is 0.771.